The summed E-state index contributed by atoms with van der Waals surface area (Å²) in [7, 11) is 0. The zero-order valence-corrected chi connectivity index (χ0v) is 8.84. The Hall–Kier alpha value is -1.33. The van der Waals surface area contributed by atoms with E-state index in [1.54, 1.807) is 12.1 Å². The molecular formula is C10H15BNO3. The van der Waals surface area contributed by atoms with E-state index in [1.165, 1.54) is 0 Å². The smallest absolute Gasteiger partial charge is 0.429 e. The first-order valence-electron chi connectivity index (χ1n) is 4.57. The summed E-state index contributed by atoms with van der Waals surface area (Å²) in [5.74, 6) is -0.00870. The van der Waals surface area contributed by atoms with Crippen LogP contribution >= 0.6 is 0 Å². The van der Waals surface area contributed by atoms with Gasteiger partial charge < -0.3 is 15.4 Å². The van der Waals surface area contributed by atoms with E-state index < -0.39 is 0 Å². The van der Waals surface area contributed by atoms with E-state index in [0.717, 1.165) is 0 Å². The molecule has 0 heterocycles. The molecule has 0 aliphatic heterocycles. The molecule has 0 fully saturated rings. The maximum atomic E-state index is 11.3. The first-order chi connectivity index (χ1) is 7.11. The number of carbonyl (C=O) groups excluding carboxylic acids is 1. The van der Waals surface area contributed by atoms with Gasteiger partial charge in [0.15, 0.2) is 0 Å². The minimum absolute atomic E-state index is 0. The molecule has 5 heteroatoms. The number of carbonyl (C=O) groups is 1. The zero-order chi connectivity index (χ0) is 11.7. The molecule has 0 bridgehead atoms. The van der Waals surface area contributed by atoms with E-state index in [0.29, 0.717) is 5.56 Å². The number of hydrogen-bond donors (Lipinski definition) is 3. The molecule has 0 spiro atoms. The predicted octanol–water partition coefficient (Wildman–Crippen LogP) is 0.330. The average Bonchev–Trinajstić information content (AvgIpc) is 2.19. The second kappa shape index (κ2) is 8.02. The lowest BCUT2D eigenvalue weighted by Crippen LogP contribution is -2.29. The van der Waals surface area contributed by atoms with Gasteiger partial charge in [-0.05, 0) is 26.0 Å². The molecule has 0 aliphatic carbocycles. The topological polar surface area (TPSA) is 69.6 Å². The number of benzene rings is 1. The summed E-state index contributed by atoms with van der Waals surface area (Å²) in [4.78, 5) is 11.3. The molecule has 1 aromatic rings. The lowest BCUT2D eigenvalue weighted by atomic mass is 10.2. The van der Waals surface area contributed by atoms with Crippen molar-refractivity contribution in [2.24, 2.45) is 0 Å². The van der Waals surface area contributed by atoms with Crippen LogP contribution in [0, 0.1) is 0 Å². The van der Waals surface area contributed by atoms with Crippen LogP contribution in [-0.2, 0) is 0 Å². The lowest BCUT2D eigenvalue weighted by molar-refractivity contribution is 0.0943. The summed E-state index contributed by atoms with van der Waals surface area (Å²) < 4.78 is 0. The number of amides is 1. The summed E-state index contributed by atoms with van der Waals surface area (Å²) in [5.41, 5.74) is 0.714. The number of nitrogens with one attached hydrogen (secondary N) is 1. The van der Waals surface area contributed by atoms with Crippen LogP contribution in [0.15, 0.2) is 30.3 Å². The molecule has 1 amide bonds. The maximum absolute atomic E-state index is 11.3. The van der Waals surface area contributed by atoms with Crippen molar-refractivity contribution in [1.82, 2.24) is 5.32 Å². The summed E-state index contributed by atoms with van der Waals surface area (Å²) in [6, 6.07) is 9.41. The summed E-state index contributed by atoms with van der Waals surface area (Å²) in [6.07, 6.45) is 0. The van der Waals surface area contributed by atoms with Crippen LogP contribution in [-0.4, -0.2) is 29.7 Å². The van der Waals surface area contributed by atoms with Crippen molar-refractivity contribution in [3.05, 3.63) is 35.9 Å². The molecule has 0 aliphatic rings. The van der Waals surface area contributed by atoms with E-state index in [4.69, 9.17) is 10.0 Å². The largest absolute Gasteiger partial charge is 0.482 e. The summed E-state index contributed by atoms with van der Waals surface area (Å²) in [6.45, 7) is 3.89. The Morgan fingerprint density at radius 2 is 1.73 bits per heavy atom. The summed E-state index contributed by atoms with van der Waals surface area (Å²) >= 11 is 0. The summed E-state index contributed by atoms with van der Waals surface area (Å²) in [5, 5.41) is 16.8. The van der Waals surface area contributed by atoms with Crippen LogP contribution < -0.4 is 5.32 Å². The van der Waals surface area contributed by atoms with Gasteiger partial charge in [-0.2, -0.15) is 0 Å². The SMILES string of the molecule is CC(C)NC(=O)c1ccccc1.O[B]O. The van der Waals surface area contributed by atoms with E-state index in [2.05, 4.69) is 5.32 Å². The Morgan fingerprint density at radius 1 is 1.27 bits per heavy atom. The van der Waals surface area contributed by atoms with Crippen molar-refractivity contribution in [3.8, 4) is 0 Å². The minimum Gasteiger partial charge on any atom is -0.429 e. The van der Waals surface area contributed by atoms with E-state index in [9.17, 15) is 4.79 Å². The molecule has 4 nitrogen and oxygen atoms in total. The molecule has 15 heavy (non-hydrogen) atoms. The fourth-order valence-corrected chi connectivity index (χ4v) is 0.935. The number of rotatable bonds is 2. The fourth-order valence-electron chi connectivity index (χ4n) is 0.935. The van der Waals surface area contributed by atoms with Crippen LogP contribution in [0.4, 0.5) is 0 Å². The van der Waals surface area contributed by atoms with Crippen LogP contribution in [0.25, 0.3) is 0 Å². The minimum atomic E-state index is -0.00870. The van der Waals surface area contributed by atoms with Crippen molar-refractivity contribution in [3.63, 3.8) is 0 Å². The van der Waals surface area contributed by atoms with Crippen LogP contribution in [0.2, 0.25) is 0 Å². The van der Waals surface area contributed by atoms with Gasteiger partial charge in [-0.3, -0.25) is 4.79 Å². The van der Waals surface area contributed by atoms with Gasteiger partial charge in [-0.1, -0.05) is 18.2 Å². The number of hydrogen-bond acceptors (Lipinski definition) is 3. The van der Waals surface area contributed by atoms with Gasteiger partial charge in [-0.15, -0.1) is 0 Å². The highest BCUT2D eigenvalue weighted by Gasteiger charge is 2.04. The van der Waals surface area contributed by atoms with Gasteiger partial charge in [0.2, 0.25) is 0 Å². The van der Waals surface area contributed by atoms with Gasteiger partial charge in [-0.25, -0.2) is 0 Å². The molecule has 1 aromatic carbocycles. The van der Waals surface area contributed by atoms with E-state index >= 15 is 0 Å². The third-order valence-corrected chi connectivity index (χ3v) is 1.46. The highest BCUT2D eigenvalue weighted by molar-refractivity contribution is 6.13. The van der Waals surface area contributed by atoms with Gasteiger partial charge >= 0.3 is 7.69 Å². The zero-order valence-electron chi connectivity index (χ0n) is 8.84. The third-order valence-electron chi connectivity index (χ3n) is 1.46. The molecule has 1 radical (unpaired) electrons. The molecule has 1 rings (SSSR count). The Balaban J connectivity index is 0.000000583. The predicted molar refractivity (Wildman–Crippen MR) is 59.2 cm³/mol. The highest BCUT2D eigenvalue weighted by Crippen LogP contribution is 1.98. The van der Waals surface area contributed by atoms with E-state index in [1.807, 2.05) is 32.0 Å². The Labute approximate surface area is 90.3 Å². The molecule has 81 valence electrons. The lowest BCUT2D eigenvalue weighted by Gasteiger charge is -2.07. The second-order valence-corrected chi connectivity index (χ2v) is 3.11. The monoisotopic (exact) mass is 208 g/mol. The molecule has 0 atom stereocenters. The van der Waals surface area contributed by atoms with Crippen molar-refractivity contribution in [1.29, 1.82) is 0 Å². The molecule has 0 saturated heterocycles. The first-order valence-corrected chi connectivity index (χ1v) is 4.57. The van der Waals surface area contributed by atoms with Gasteiger partial charge in [0, 0.05) is 11.6 Å². The first kappa shape index (κ1) is 13.7. The second-order valence-electron chi connectivity index (χ2n) is 3.11. The molecule has 0 aromatic heterocycles. The fraction of sp³-hybridized carbons (Fsp3) is 0.300. The normalized spacial score (nSPS) is 8.87. The van der Waals surface area contributed by atoms with Crippen LogP contribution in [0.3, 0.4) is 0 Å². The van der Waals surface area contributed by atoms with Gasteiger partial charge in [0.1, 0.15) is 0 Å². The van der Waals surface area contributed by atoms with Gasteiger partial charge in [0.25, 0.3) is 5.91 Å². The Kier molecular flexibility index (Phi) is 7.31. The third kappa shape index (κ3) is 6.71. The van der Waals surface area contributed by atoms with E-state index in [-0.39, 0.29) is 19.6 Å². The molecular weight excluding hydrogens is 193 g/mol. The molecule has 0 unspecified atom stereocenters. The molecule has 0 saturated carbocycles. The maximum Gasteiger partial charge on any atom is 0.482 e. The van der Waals surface area contributed by atoms with Crippen molar-refractivity contribution >= 4 is 13.6 Å². The van der Waals surface area contributed by atoms with Crippen molar-refractivity contribution < 1.29 is 14.8 Å². The highest BCUT2D eigenvalue weighted by atomic mass is 16.4. The van der Waals surface area contributed by atoms with Crippen molar-refractivity contribution in [2.45, 2.75) is 19.9 Å². The standard InChI is InChI=1S/C10H13NO.BH2O2/c1-8(2)11-10(12)9-6-4-3-5-7-9;2-1-3/h3-8H,1-2H3,(H,11,12);2-3H. The quantitative estimate of drug-likeness (QED) is 0.613. The van der Waals surface area contributed by atoms with Gasteiger partial charge in [0.05, 0.1) is 0 Å². The van der Waals surface area contributed by atoms with Crippen molar-refractivity contribution in [2.75, 3.05) is 0 Å². The molecule has 3 N–H and O–H groups in total. The Bertz CT molecular complexity index is 277. The Morgan fingerprint density at radius 3 is 2.13 bits per heavy atom. The van der Waals surface area contributed by atoms with Crippen LogP contribution in [0.5, 0.6) is 0 Å². The average molecular weight is 208 g/mol. The van der Waals surface area contributed by atoms with Crippen LogP contribution in [0.1, 0.15) is 24.2 Å².